The van der Waals surface area contributed by atoms with Crippen LogP contribution in [0.3, 0.4) is 0 Å². The molecular formula is C12H18N3O+. The lowest BCUT2D eigenvalue weighted by Gasteiger charge is -1.98. The average molecular weight is 220 g/mol. The molecule has 0 aliphatic rings. The summed E-state index contributed by atoms with van der Waals surface area (Å²) in [5.41, 5.74) is 8.14. The molecule has 0 spiro atoms. The van der Waals surface area contributed by atoms with Crippen LogP contribution in [-0.2, 0) is 20.1 Å². The molecule has 0 amide bonds. The van der Waals surface area contributed by atoms with E-state index in [0.29, 0.717) is 6.54 Å². The van der Waals surface area contributed by atoms with Crippen molar-refractivity contribution in [2.24, 2.45) is 12.8 Å². The number of fused-ring (bicyclic) bond motifs is 1. The number of nitrogens with zero attached hydrogens (tertiary/aromatic N) is 2. The molecule has 2 aromatic rings. The minimum Gasteiger partial charge on any atom is -0.497 e. The summed E-state index contributed by atoms with van der Waals surface area (Å²) in [6.45, 7) is 3.58. The highest BCUT2D eigenvalue weighted by Crippen LogP contribution is 2.20. The molecule has 1 heterocycles. The molecule has 0 atom stereocenters. The average Bonchev–Trinajstić information content (AvgIpc) is 2.60. The van der Waals surface area contributed by atoms with Gasteiger partial charge in [0.05, 0.1) is 27.2 Å². The van der Waals surface area contributed by atoms with Crippen LogP contribution in [0.2, 0.25) is 0 Å². The van der Waals surface area contributed by atoms with Gasteiger partial charge in [0.15, 0.2) is 11.0 Å². The second-order valence-corrected chi connectivity index (χ2v) is 3.78. The summed E-state index contributed by atoms with van der Waals surface area (Å²) >= 11 is 0. The zero-order valence-electron chi connectivity index (χ0n) is 10.0. The van der Waals surface area contributed by atoms with Gasteiger partial charge in [-0.25, -0.2) is 9.13 Å². The van der Waals surface area contributed by atoms with Gasteiger partial charge in [0.2, 0.25) is 0 Å². The van der Waals surface area contributed by atoms with E-state index in [-0.39, 0.29) is 0 Å². The molecule has 0 fully saturated rings. The summed E-state index contributed by atoms with van der Waals surface area (Å²) in [5.74, 6) is 2.01. The Hall–Kier alpha value is -1.55. The van der Waals surface area contributed by atoms with E-state index in [1.807, 2.05) is 13.1 Å². The molecule has 0 bridgehead atoms. The van der Waals surface area contributed by atoms with Crippen molar-refractivity contribution in [1.82, 2.24) is 4.57 Å². The second-order valence-electron chi connectivity index (χ2n) is 3.78. The van der Waals surface area contributed by atoms with E-state index in [2.05, 4.69) is 28.2 Å². The number of hydrogen-bond acceptors (Lipinski definition) is 2. The number of nitrogens with two attached hydrogens (primary N) is 1. The quantitative estimate of drug-likeness (QED) is 0.783. The Bertz CT molecular complexity index is 516. The van der Waals surface area contributed by atoms with Gasteiger partial charge in [-0.1, -0.05) is 0 Å². The summed E-state index contributed by atoms with van der Waals surface area (Å²) in [4.78, 5) is 0. The largest absolute Gasteiger partial charge is 0.497 e. The smallest absolute Gasteiger partial charge is 0.271 e. The number of ether oxygens (including phenoxy) is 1. The summed E-state index contributed by atoms with van der Waals surface area (Å²) < 4.78 is 9.61. The monoisotopic (exact) mass is 220 g/mol. The first kappa shape index (κ1) is 11.0. The number of aromatic nitrogens is 2. The molecular weight excluding hydrogens is 202 g/mol. The maximum atomic E-state index is 5.79. The SMILES string of the molecule is CCn1c(CN)[n+](C)c2ccc(OC)cc21. The minimum atomic E-state index is 0.543. The van der Waals surface area contributed by atoms with Gasteiger partial charge < -0.3 is 10.5 Å². The number of aryl methyl sites for hydroxylation is 2. The van der Waals surface area contributed by atoms with Gasteiger partial charge in [0.1, 0.15) is 5.75 Å². The third kappa shape index (κ3) is 1.46. The van der Waals surface area contributed by atoms with Crippen molar-refractivity contribution in [3.05, 3.63) is 24.0 Å². The van der Waals surface area contributed by atoms with Gasteiger partial charge in [0, 0.05) is 6.07 Å². The second kappa shape index (κ2) is 4.14. The van der Waals surface area contributed by atoms with E-state index < -0.39 is 0 Å². The van der Waals surface area contributed by atoms with Crippen molar-refractivity contribution in [3.63, 3.8) is 0 Å². The molecule has 2 rings (SSSR count). The maximum absolute atomic E-state index is 5.79. The van der Waals surface area contributed by atoms with E-state index in [1.54, 1.807) is 7.11 Å². The molecule has 4 nitrogen and oxygen atoms in total. The van der Waals surface area contributed by atoms with Crippen molar-refractivity contribution >= 4 is 11.0 Å². The number of methoxy groups -OCH3 is 1. The highest BCUT2D eigenvalue weighted by Gasteiger charge is 2.20. The predicted molar refractivity (Wildman–Crippen MR) is 63.2 cm³/mol. The van der Waals surface area contributed by atoms with E-state index >= 15 is 0 Å². The molecule has 0 saturated heterocycles. The van der Waals surface area contributed by atoms with Crippen molar-refractivity contribution in [3.8, 4) is 5.75 Å². The Morgan fingerprint density at radius 1 is 1.44 bits per heavy atom. The molecule has 0 aliphatic heterocycles. The zero-order chi connectivity index (χ0) is 11.7. The Morgan fingerprint density at radius 2 is 2.19 bits per heavy atom. The molecule has 16 heavy (non-hydrogen) atoms. The van der Waals surface area contributed by atoms with Crippen molar-refractivity contribution in [2.75, 3.05) is 7.11 Å². The summed E-state index contributed by atoms with van der Waals surface area (Å²) in [6, 6.07) is 6.10. The minimum absolute atomic E-state index is 0.543. The molecule has 2 N–H and O–H groups in total. The highest BCUT2D eigenvalue weighted by molar-refractivity contribution is 5.74. The fourth-order valence-corrected chi connectivity index (χ4v) is 2.19. The van der Waals surface area contributed by atoms with Crippen LogP contribution in [0, 0.1) is 0 Å². The topological polar surface area (TPSA) is 44.1 Å². The molecule has 0 saturated carbocycles. The van der Waals surface area contributed by atoms with Crippen LogP contribution in [0.25, 0.3) is 11.0 Å². The van der Waals surface area contributed by atoms with E-state index in [4.69, 9.17) is 10.5 Å². The third-order valence-corrected chi connectivity index (χ3v) is 3.03. The van der Waals surface area contributed by atoms with Gasteiger partial charge in [-0.05, 0) is 19.1 Å². The van der Waals surface area contributed by atoms with Crippen LogP contribution in [-0.4, -0.2) is 11.7 Å². The molecule has 0 radical (unpaired) electrons. The van der Waals surface area contributed by atoms with Crippen LogP contribution >= 0.6 is 0 Å². The van der Waals surface area contributed by atoms with Gasteiger partial charge >= 0.3 is 0 Å². The Morgan fingerprint density at radius 3 is 2.75 bits per heavy atom. The van der Waals surface area contributed by atoms with Gasteiger partial charge in [0.25, 0.3) is 5.82 Å². The molecule has 1 aromatic heterocycles. The lowest BCUT2D eigenvalue weighted by Crippen LogP contribution is -2.34. The maximum Gasteiger partial charge on any atom is 0.271 e. The lowest BCUT2D eigenvalue weighted by molar-refractivity contribution is -0.654. The van der Waals surface area contributed by atoms with Crippen LogP contribution in [0.4, 0.5) is 0 Å². The summed E-state index contributed by atoms with van der Waals surface area (Å²) in [5, 5.41) is 0. The van der Waals surface area contributed by atoms with E-state index in [1.165, 1.54) is 11.0 Å². The first-order valence-electron chi connectivity index (χ1n) is 5.48. The van der Waals surface area contributed by atoms with Gasteiger partial charge in [-0.15, -0.1) is 0 Å². The van der Waals surface area contributed by atoms with Gasteiger partial charge in [-0.2, -0.15) is 0 Å². The van der Waals surface area contributed by atoms with Crippen molar-refractivity contribution < 1.29 is 9.30 Å². The summed E-state index contributed by atoms with van der Waals surface area (Å²) in [7, 11) is 3.73. The van der Waals surface area contributed by atoms with Crippen molar-refractivity contribution in [1.29, 1.82) is 0 Å². The van der Waals surface area contributed by atoms with Crippen LogP contribution in [0.15, 0.2) is 18.2 Å². The molecule has 1 aromatic carbocycles. The molecule has 0 unspecified atom stereocenters. The number of rotatable bonds is 3. The van der Waals surface area contributed by atoms with Gasteiger partial charge in [-0.3, -0.25) is 0 Å². The standard InChI is InChI=1S/C12H18N3O/c1-4-15-11-7-9(16-3)5-6-10(11)14(2)12(15)8-13/h5-7H,4,8,13H2,1-3H3/q+1. The molecule has 86 valence electrons. The fraction of sp³-hybridized carbons (Fsp3) is 0.417. The highest BCUT2D eigenvalue weighted by atomic mass is 16.5. The number of hydrogen-bond donors (Lipinski definition) is 1. The molecule has 0 aliphatic carbocycles. The first-order chi connectivity index (χ1) is 7.72. The van der Waals surface area contributed by atoms with Crippen LogP contribution in [0.5, 0.6) is 5.75 Å². The Kier molecular flexibility index (Phi) is 2.83. The normalized spacial score (nSPS) is 11.0. The van der Waals surface area contributed by atoms with E-state index in [0.717, 1.165) is 18.1 Å². The fourth-order valence-electron chi connectivity index (χ4n) is 2.19. The number of benzene rings is 1. The third-order valence-electron chi connectivity index (χ3n) is 3.03. The number of imidazole rings is 1. The Labute approximate surface area is 95.2 Å². The van der Waals surface area contributed by atoms with Crippen LogP contribution < -0.4 is 15.0 Å². The summed E-state index contributed by atoms with van der Waals surface area (Å²) in [6.07, 6.45) is 0. The lowest BCUT2D eigenvalue weighted by atomic mass is 10.3. The zero-order valence-corrected chi connectivity index (χ0v) is 10.0. The predicted octanol–water partition coefficient (Wildman–Crippen LogP) is 0.953. The van der Waals surface area contributed by atoms with Crippen molar-refractivity contribution in [2.45, 2.75) is 20.0 Å². The molecule has 4 heteroatoms. The van der Waals surface area contributed by atoms with E-state index in [9.17, 15) is 0 Å². The first-order valence-corrected chi connectivity index (χ1v) is 5.48. The Balaban J connectivity index is 2.78. The van der Waals surface area contributed by atoms with Crippen LogP contribution in [0.1, 0.15) is 12.7 Å².